The lowest BCUT2D eigenvalue weighted by molar-refractivity contribution is 0.0939. The summed E-state index contributed by atoms with van der Waals surface area (Å²) in [6, 6.07) is 1.89. The zero-order valence-electron chi connectivity index (χ0n) is 11.8. The van der Waals surface area contributed by atoms with Crippen LogP contribution in [-0.2, 0) is 0 Å². The second-order valence-corrected chi connectivity index (χ2v) is 5.18. The number of nitrogens with zero attached hydrogens (tertiary/aromatic N) is 1. The summed E-state index contributed by atoms with van der Waals surface area (Å²) in [6.45, 7) is 2.09. The Labute approximate surface area is 124 Å². The number of aromatic nitrogens is 1. The molecule has 1 aromatic heterocycles. The maximum Gasteiger partial charge on any atom is 0.253 e. The van der Waals surface area contributed by atoms with Gasteiger partial charge >= 0.3 is 0 Å². The van der Waals surface area contributed by atoms with Gasteiger partial charge in [-0.15, -0.1) is 0 Å². The fraction of sp³-hybridized carbons (Fsp3) is 0.467. The van der Waals surface area contributed by atoms with Crippen LogP contribution in [0.25, 0.3) is 0 Å². The van der Waals surface area contributed by atoms with E-state index in [0.29, 0.717) is 17.5 Å². The largest absolute Gasteiger partial charge is 0.395 e. The molecule has 20 heavy (non-hydrogen) atoms. The average Bonchev–Trinajstić information content (AvgIpc) is 2.47. The number of carbonyl (C=O) groups excluding carboxylic acids is 1. The van der Waals surface area contributed by atoms with E-state index in [9.17, 15) is 4.79 Å². The Morgan fingerprint density at radius 1 is 1.55 bits per heavy atom. The van der Waals surface area contributed by atoms with Crippen LogP contribution in [0.4, 0.5) is 0 Å². The van der Waals surface area contributed by atoms with Gasteiger partial charge in [-0.2, -0.15) is 11.8 Å². The lowest BCUT2D eigenvalue weighted by Crippen LogP contribution is -2.36. The minimum Gasteiger partial charge on any atom is -0.395 e. The Morgan fingerprint density at radius 2 is 2.35 bits per heavy atom. The second-order valence-electron chi connectivity index (χ2n) is 4.27. The van der Waals surface area contributed by atoms with Crippen LogP contribution in [0.3, 0.4) is 0 Å². The van der Waals surface area contributed by atoms with E-state index in [-0.39, 0.29) is 18.6 Å². The molecule has 1 amide bonds. The molecule has 0 bridgehead atoms. The summed E-state index contributed by atoms with van der Waals surface area (Å²) in [7, 11) is 0. The molecule has 5 heteroatoms. The number of pyridine rings is 1. The van der Waals surface area contributed by atoms with E-state index < -0.39 is 0 Å². The number of hydrogen-bond acceptors (Lipinski definition) is 4. The molecular formula is C15H20N2O2S. The van der Waals surface area contributed by atoms with Gasteiger partial charge in [0, 0.05) is 36.2 Å². The number of nitrogens with one attached hydrogen (secondary N) is 1. The zero-order chi connectivity index (χ0) is 14.8. The molecule has 0 aliphatic rings. The molecule has 108 valence electrons. The smallest absolute Gasteiger partial charge is 0.253 e. The Balaban J connectivity index is 2.73. The van der Waals surface area contributed by atoms with Crippen molar-refractivity contribution in [1.29, 1.82) is 0 Å². The molecule has 0 aliphatic carbocycles. The first kappa shape index (κ1) is 16.5. The molecule has 1 atom stereocenters. The summed E-state index contributed by atoms with van der Waals surface area (Å²) in [5, 5.41) is 11.7. The van der Waals surface area contributed by atoms with Gasteiger partial charge in [-0.3, -0.25) is 9.78 Å². The number of aliphatic hydroxyl groups is 1. The molecule has 1 unspecified atom stereocenters. The first-order chi connectivity index (χ1) is 9.71. The number of rotatable bonds is 6. The summed E-state index contributed by atoms with van der Waals surface area (Å²) < 4.78 is 0. The highest BCUT2D eigenvalue weighted by molar-refractivity contribution is 7.98. The fourth-order valence-electron chi connectivity index (χ4n) is 1.58. The predicted octanol–water partition coefficient (Wildman–Crippen LogP) is 1.69. The third kappa shape index (κ3) is 5.64. The van der Waals surface area contributed by atoms with E-state index in [2.05, 4.69) is 29.1 Å². The molecule has 0 aromatic carbocycles. The van der Waals surface area contributed by atoms with Crippen LogP contribution in [0.2, 0.25) is 0 Å². The number of aliphatic hydroxyl groups excluding tert-OH is 1. The molecule has 1 aromatic rings. The molecule has 0 fully saturated rings. The molecular weight excluding hydrogens is 272 g/mol. The third-order valence-electron chi connectivity index (χ3n) is 2.67. The van der Waals surface area contributed by atoms with Crippen LogP contribution in [-0.4, -0.2) is 40.7 Å². The van der Waals surface area contributed by atoms with E-state index >= 15 is 0 Å². The summed E-state index contributed by atoms with van der Waals surface area (Å²) in [5.74, 6) is 6.46. The van der Waals surface area contributed by atoms with Gasteiger partial charge < -0.3 is 10.4 Å². The minimum absolute atomic E-state index is 0.0352. The van der Waals surface area contributed by atoms with Gasteiger partial charge in [-0.05, 0) is 18.7 Å². The van der Waals surface area contributed by atoms with Crippen molar-refractivity contribution in [3.8, 4) is 11.8 Å². The van der Waals surface area contributed by atoms with Crippen molar-refractivity contribution in [2.45, 2.75) is 25.8 Å². The molecule has 1 rings (SSSR count). The highest BCUT2D eigenvalue weighted by Gasteiger charge is 2.12. The first-order valence-corrected chi connectivity index (χ1v) is 7.95. The summed E-state index contributed by atoms with van der Waals surface area (Å²) in [4.78, 5) is 16.2. The van der Waals surface area contributed by atoms with E-state index in [1.165, 1.54) is 0 Å². The maximum atomic E-state index is 12.1. The number of amides is 1. The standard InChI is InChI=1S/C15H20N2O2S/c1-3-14(11-20-2)17-15(19)13-8-12(9-16-10-13)6-4-5-7-18/h8-10,14,18H,3,5,7,11H2,1-2H3,(H,17,19). The van der Waals surface area contributed by atoms with Crippen molar-refractivity contribution < 1.29 is 9.90 Å². The van der Waals surface area contributed by atoms with Crippen molar-refractivity contribution in [2.24, 2.45) is 0 Å². The van der Waals surface area contributed by atoms with Gasteiger partial charge in [0.1, 0.15) is 0 Å². The average molecular weight is 292 g/mol. The van der Waals surface area contributed by atoms with Crippen LogP contribution >= 0.6 is 11.8 Å². The Kier molecular flexibility index (Phi) is 7.78. The van der Waals surface area contributed by atoms with Crippen LogP contribution < -0.4 is 5.32 Å². The van der Waals surface area contributed by atoms with Gasteiger partial charge in [0.15, 0.2) is 0 Å². The molecule has 0 spiro atoms. The zero-order valence-corrected chi connectivity index (χ0v) is 12.7. The first-order valence-electron chi connectivity index (χ1n) is 6.55. The van der Waals surface area contributed by atoms with Crippen LogP contribution in [0.5, 0.6) is 0 Å². The van der Waals surface area contributed by atoms with Crippen molar-refractivity contribution >= 4 is 17.7 Å². The Hall–Kier alpha value is -1.51. The van der Waals surface area contributed by atoms with Crippen molar-refractivity contribution in [2.75, 3.05) is 18.6 Å². The topological polar surface area (TPSA) is 62.2 Å². The van der Waals surface area contributed by atoms with Gasteiger partial charge in [0.05, 0.1) is 12.2 Å². The number of hydrogen-bond donors (Lipinski definition) is 2. The normalized spacial score (nSPS) is 11.3. The summed E-state index contributed by atoms with van der Waals surface area (Å²) in [6.07, 6.45) is 6.49. The highest BCUT2D eigenvalue weighted by atomic mass is 32.2. The Morgan fingerprint density at radius 3 is 3.00 bits per heavy atom. The van der Waals surface area contributed by atoms with E-state index in [0.717, 1.165) is 12.2 Å². The third-order valence-corrected chi connectivity index (χ3v) is 3.40. The lowest BCUT2D eigenvalue weighted by Gasteiger charge is -2.15. The van der Waals surface area contributed by atoms with Gasteiger partial charge in [-0.1, -0.05) is 18.8 Å². The quantitative estimate of drug-likeness (QED) is 0.783. The van der Waals surface area contributed by atoms with Crippen LogP contribution in [0, 0.1) is 11.8 Å². The lowest BCUT2D eigenvalue weighted by atomic mass is 10.1. The molecule has 0 radical (unpaired) electrons. The van der Waals surface area contributed by atoms with Crippen molar-refractivity contribution in [3.63, 3.8) is 0 Å². The van der Waals surface area contributed by atoms with Gasteiger partial charge in [0.2, 0.25) is 0 Å². The van der Waals surface area contributed by atoms with Crippen molar-refractivity contribution in [1.82, 2.24) is 10.3 Å². The molecule has 2 N–H and O–H groups in total. The van der Waals surface area contributed by atoms with Crippen LogP contribution in [0.15, 0.2) is 18.5 Å². The van der Waals surface area contributed by atoms with Gasteiger partial charge in [-0.25, -0.2) is 0 Å². The monoisotopic (exact) mass is 292 g/mol. The second kappa shape index (κ2) is 9.40. The van der Waals surface area contributed by atoms with Gasteiger partial charge in [0.25, 0.3) is 5.91 Å². The molecule has 4 nitrogen and oxygen atoms in total. The molecule has 1 heterocycles. The number of thioether (sulfide) groups is 1. The van der Waals surface area contributed by atoms with Crippen LogP contribution in [0.1, 0.15) is 35.7 Å². The predicted molar refractivity (Wildman–Crippen MR) is 82.7 cm³/mol. The molecule has 0 aliphatic heterocycles. The van der Waals surface area contributed by atoms with E-state index in [1.54, 1.807) is 30.2 Å². The number of carbonyl (C=O) groups is 1. The Bertz CT molecular complexity index is 494. The minimum atomic E-state index is -0.121. The summed E-state index contributed by atoms with van der Waals surface area (Å²) in [5.41, 5.74) is 1.20. The maximum absolute atomic E-state index is 12.1. The highest BCUT2D eigenvalue weighted by Crippen LogP contribution is 2.05. The summed E-state index contributed by atoms with van der Waals surface area (Å²) >= 11 is 1.71. The van der Waals surface area contributed by atoms with Crippen molar-refractivity contribution in [3.05, 3.63) is 29.6 Å². The van der Waals surface area contributed by atoms with E-state index in [4.69, 9.17) is 5.11 Å². The van der Waals surface area contributed by atoms with E-state index in [1.807, 2.05) is 6.26 Å². The fourth-order valence-corrected chi connectivity index (χ4v) is 2.31. The molecule has 0 saturated carbocycles. The SMILES string of the molecule is CCC(CSC)NC(=O)c1cncc(C#CCCO)c1. The molecule has 0 saturated heterocycles.